The summed E-state index contributed by atoms with van der Waals surface area (Å²) in [6.07, 6.45) is 2.40. The number of allylic oxidation sites excluding steroid dienone is 1. The largest absolute Gasteiger partial charge is 0.493 e. The Bertz CT molecular complexity index is 843. The van der Waals surface area contributed by atoms with E-state index in [0.29, 0.717) is 49.1 Å². The third-order valence-electron chi connectivity index (χ3n) is 4.67. The van der Waals surface area contributed by atoms with Gasteiger partial charge in [0.05, 0.1) is 33.5 Å². The second-order valence-electron chi connectivity index (χ2n) is 6.69. The molecule has 0 aliphatic carbocycles. The van der Waals surface area contributed by atoms with Crippen molar-refractivity contribution in [1.82, 2.24) is 4.90 Å². The lowest BCUT2D eigenvalue weighted by Crippen LogP contribution is -2.32. The van der Waals surface area contributed by atoms with Crippen LogP contribution in [0, 0.1) is 11.3 Å². The number of ether oxygens (including phenoxy) is 4. The van der Waals surface area contributed by atoms with E-state index in [0.717, 1.165) is 24.2 Å². The molecule has 0 bridgehead atoms. The van der Waals surface area contributed by atoms with Gasteiger partial charge in [0.15, 0.2) is 11.5 Å². The van der Waals surface area contributed by atoms with Crippen LogP contribution in [0.15, 0.2) is 54.2 Å². The van der Waals surface area contributed by atoms with Crippen LogP contribution in [0.25, 0.3) is 0 Å². The molecular weight excluding hydrogens is 368 g/mol. The molecule has 0 radical (unpaired) electrons. The van der Waals surface area contributed by atoms with E-state index in [-0.39, 0.29) is 0 Å². The molecule has 1 saturated heterocycles. The molecule has 3 rings (SSSR count). The first-order chi connectivity index (χ1) is 14.2. The van der Waals surface area contributed by atoms with E-state index >= 15 is 0 Å². The van der Waals surface area contributed by atoms with Gasteiger partial charge in [-0.2, -0.15) is 5.26 Å². The predicted octanol–water partition coefficient (Wildman–Crippen LogP) is 3.56. The monoisotopic (exact) mass is 394 g/mol. The Balaban J connectivity index is 1.79. The average molecular weight is 394 g/mol. The molecule has 0 unspecified atom stereocenters. The zero-order valence-corrected chi connectivity index (χ0v) is 16.9. The van der Waals surface area contributed by atoms with E-state index in [9.17, 15) is 5.26 Å². The van der Waals surface area contributed by atoms with Crippen LogP contribution < -0.4 is 14.2 Å². The Kier molecular flexibility index (Phi) is 7.37. The zero-order chi connectivity index (χ0) is 20.5. The number of methoxy groups -OCH3 is 2. The van der Waals surface area contributed by atoms with Gasteiger partial charge in [0.1, 0.15) is 6.61 Å². The first-order valence-electron chi connectivity index (χ1n) is 9.57. The maximum absolute atomic E-state index is 9.57. The minimum Gasteiger partial charge on any atom is -0.493 e. The van der Waals surface area contributed by atoms with E-state index in [4.69, 9.17) is 18.9 Å². The lowest BCUT2D eigenvalue weighted by molar-refractivity contribution is 0.0591. The summed E-state index contributed by atoms with van der Waals surface area (Å²) in [4.78, 5) is 2.12. The molecule has 0 N–H and O–H groups in total. The van der Waals surface area contributed by atoms with Crippen molar-refractivity contribution in [3.63, 3.8) is 0 Å². The Morgan fingerprint density at radius 2 is 1.72 bits per heavy atom. The van der Waals surface area contributed by atoms with Gasteiger partial charge < -0.3 is 23.8 Å². The highest BCUT2D eigenvalue weighted by atomic mass is 16.5. The molecule has 29 heavy (non-hydrogen) atoms. The molecule has 0 saturated carbocycles. The highest BCUT2D eigenvalue weighted by Gasteiger charge is 2.16. The van der Waals surface area contributed by atoms with Gasteiger partial charge in [-0.25, -0.2) is 0 Å². The highest BCUT2D eigenvalue weighted by Crippen LogP contribution is 2.39. The first kappa shape index (κ1) is 20.6. The SMILES string of the molecule is COc1cc(C/C(C#N)=C/N2CCOCC2)cc(OC)c1OCc1ccccc1. The minimum absolute atomic E-state index is 0.410. The lowest BCUT2D eigenvalue weighted by Gasteiger charge is -2.25. The van der Waals surface area contributed by atoms with Crippen LogP contribution in [0.3, 0.4) is 0 Å². The fraction of sp³-hybridized carbons (Fsp3) is 0.348. The number of nitriles is 1. The summed E-state index contributed by atoms with van der Waals surface area (Å²) >= 11 is 0. The lowest BCUT2D eigenvalue weighted by atomic mass is 10.1. The number of hydrogen-bond acceptors (Lipinski definition) is 6. The van der Waals surface area contributed by atoms with E-state index in [1.165, 1.54) is 0 Å². The van der Waals surface area contributed by atoms with Gasteiger partial charge in [-0.05, 0) is 23.3 Å². The van der Waals surface area contributed by atoms with E-state index in [1.807, 2.05) is 48.7 Å². The van der Waals surface area contributed by atoms with Gasteiger partial charge in [0.2, 0.25) is 5.75 Å². The molecule has 0 aromatic heterocycles. The molecule has 0 atom stereocenters. The van der Waals surface area contributed by atoms with Gasteiger partial charge >= 0.3 is 0 Å². The van der Waals surface area contributed by atoms with Crippen molar-refractivity contribution in [1.29, 1.82) is 5.26 Å². The van der Waals surface area contributed by atoms with E-state index in [1.54, 1.807) is 14.2 Å². The number of nitrogens with zero attached hydrogens (tertiary/aromatic N) is 2. The Morgan fingerprint density at radius 3 is 2.31 bits per heavy atom. The fourth-order valence-corrected chi connectivity index (χ4v) is 3.17. The summed E-state index contributed by atoms with van der Waals surface area (Å²) in [6, 6.07) is 16.0. The van der Waals surface area contributed by atoms with Crippen molar-refractivity contribution in [2.24, 2.45) is 0 Å². The van der Waals surface area contributed by atoms with E-state index < -0.39 is 0 Å². The number of morpholine rings is 1. The van der Waals surface area contributed by atoms with Crippen LogP contribution in [0.4, 0.5) is 0 Å². The summed E-state index contributed by atoms with van der Waals surface area (Å²) in [5, 5.41) is 9.57. The molecule has 1 aliphatic rings. The molecule has 6 nitrogen and oxygen atoms in total. The van der Waals surface area contributed by atoms with Crippen LogP contribution in [0.2, 0.25) is 0 Å². The summed E-state index contributed by atoms with van der Waals surface area (Å²) in [6.45, 7) is 3.37. The van der Waals surface area contributed by atoms with Gasteiger partial charge in [-0.3, -0.25) is 0 Å². The van der Waals surface area contributed by atoms with Gasteiger partial charge in [-0.1, -0.05) is 30.3 Å². The zero-order valence-electron chi connectivity index (χ0n) is 16.9. The van der Waals surface area contributed by atoms with Crippen molar-refractivity contribution in [3.8, 4) is 23.3 Å². The number of rotatable bonds is 8. The Labute approximate surface area is 171 Å². The molecular formula is C23H26N2O4. The first-order valence-corrected chi connectivity index (χ1v) is 9.57. The quantitative estimate of drug-likeness (QED) is 0.638. The standard InChI is InChI=1S/C23H26N2O4/c1-26-21-13-19(12-20(15-24)16-25-8-10-28-11-9-25)14-22(27-2)23(21)29-17-18-6-4-3-5-7-18/h3-7,13-14,16H,8-12,17H2,1-2H3/b20-16-. The summed E-state index contributed by atoms with van der Waals surface area (Å²) in [5.41, 5.74) is 2.65. The topological polar surface area (TPSA) is 64.0 Å². The molecule has 1 aliphatic heterocycles. The van der Waals surface area contributed by atoms with Gasteiger partial charge in [0.25, 0.3) is 0 Å². The molecule has 1 fully saturated rings. The molecule has 0 amide bonds. The third-order valence-corrected chi connectivity index (χ3v) is 4.67. The number of benzene rings is 2. The maximum Gasteiger partial charge on any atom is 0.203 e. The molecule has 152 valence electrons. The van der Waals surface area contributed by atoms with Crippen LogP contribution in [0.1, 0.15) is 11.1 Å². The molecule has 2 aromatic carbocycles. The predicted molar refractivity (Wildman–Crippen MR) is 110 cm³/mol. The minimum atomic E-state index is 0.410. The van der Waals surface area contributed by atoms with Crippen LogP contribution >= 0.6 is 0 Å². The van der Waals surface area contributed by atoms with Crippen molar-refractivity contribution in [2.45, 2.75) is 13.0 Å². The molecule has 6 heteroatoms. The van der Waals surface area contributed by atoms with Crippen LogP contribution in [-0.4, -0.2) is 45.4 Å². The number of hydrogen-bond donors (Lipinski definition) is 0. The molecule has 2 aromatic rings. The normalized spacial score (nSPS) is 14.2. The summed E-state index contributed by atoms with van der Waals surface area (Å²) in [7, 11) is 3.20. The summed E-state index contributed by atoms with van der Waals surface area (Å²) in [5.74, 6) is 1.72. The molecule has 0 spiro atoms. The van der Waals surface area contributed by atoms with Crippen molar-refractivity contribution in [2.75, 3.05) is 40.5 Å². The smallest absolute Gasteiger partial charge is 0.203 e. The average Bonchev–Trinajstić information content (AvgIpc) is 2.78. The second-order valence-corrected chi connectivity index (χ2v) is 6.69. The maximum atomic E-state index is 9.57. The van der Waals surface area contributed by atoms with Crippen molar-refractivity contribution in [3.05, 3.63) is 65.4 Å². The molecule has 1 heterocycles. The van der Waals surface area contributed by atoms with Crippen LogP contribution in [0.5, 0.6) is 17.2 Å². The van der Waals surface area contributed by atoms with Gasteiger partial charge in [-0.15, -0.1) is 0 Å². The Hall–Kier alpha value is -3.17. The van der Waals surface area contributed by atoms with Crippen molar-refractivity contribution < 1.29 is 18.9 Å². The van der Waals surface area contributed by atoms with Gasteiger partial charge in [0, 0.05) is 31.3 Å². The van der Waals surface area contributed by atoms with Crippen molar-refractivity contribution >= 4 is 0 Å². The summed E-state index contributed by atoms with van der Waals surface area (Å²) < 4.78 is 22.4. The second kappa shape index (κ2) is 10.4. The third kappa shape index (κ3) is 5.66. The van der Waals surface area contributed by atoms with Crippen LogP contribution in [-0.2, 0) is 17.8 Å². The Morgan fingerprint density at radius 1 is 1.07 bits per heavy atom. The van der Waals surface area contributed by atoms with E-state index in [2.05, 4.69) is 11.0 Å². The fourth-order valence-electron chi connectivity index (χ4n) is 3.17. The highest BCUT2D eigenvalue weighted by molar-refractivity contribution is 5.55.